The molecule has 0 radical (unpaired) electrons. The fourth-order valence-electron chi connectivity index (χ4n) is 0.581. The van der Waals surface area contributed by atoms with Crippen LogP contribution in [0.3, 0.4) is 0 Å². The fraction of sp³-hybridized carbons (Fsp3) is 0. The molecule has 0 spiro atoms. The molecule has 0 aliphatic heterocycles. The van der Waals surface area contributed by atoms with Crippen molar-refractivity contribution in [2.24, 2.45) is 0 Å². The first-order valence-corrected chi connectivity index (χ1v) is 2.59. The van der Waals surface area contributed by atoms with Crippen LogP contribution in [0.15, 0.2) is 30.3 Å². The second-order valence-electron chi connectivity index (χ2n) is 1.67. The molecule has 1 N–H and O–H groups in total. The molecule has 1 rings (SSSR count). The van der Waals surface area contributed by atoms with Crippen LogP contribution in [0.1, 0.15) is 10.4 Å². The van der Waals surface area contributed by atoms with E-state index in [9.17, 15) is 4.79 Å². The van der Waals surface area contributed by atoms with E-state index in [-0.39, 0.29) is 45.5 Å². The number of benzene rings is 1. The van der Waals surface area contributed by atoms with Crippen LogP contribution in [-0.2, 0) is 0 Å². The molecular formula is C7H8O2Sr. The summed E-state index contributed by atoms with van der Waals surface area (Å²) in [5.74, 6) is -0.879. The fourth-order valence-corrected chi connectivity index (χ4v) is 0.581. The van der Waals surface area contributed by atoms with Crippen molar-refractivity contribution >= 4 is 51.5 Å². The van der Waals surface area contributed by atoms with Crippen LogP contribution < -0.4 is 0 Å². The van der Waals surface area contributed by atoms with Crippen LogP contribution in [0.4, 0.5) is 0 Å². The molecule has 0 fully saturated rings. The van der Waals surface area contributed by atoms with Gasteiger partial charge < -0.3 is 5.11 Å². The first-order chi connectivity index (χ1) is 4.30. The van der Waals surface area contributed by atoms with Gasteiger partial charge in [0.1, 0.15) is 0 Å². The Morgan fingerprint density at radius 1 is 1.20 bits per heavy atom. The topological polar surface area (TPSA) is 37.3 Å². The van der Waals surface area contributed by atoms with Crippen LogP contribution in [-0.4, -0.2) is 56.6 Å². The summed E-state index contributed by atoms with van der Waals surface area (Å²) in [6.07, 6.45) is 0. The molecule has 0 bridgehead atoms. The van der Waals surface area contributed by atoms with Crippen LogP contribution >= 0.6 is 0 Å². The van der Waals surface area contributed by atoms with Crippen molar-refractivity contribution in [3.8, 4) is 0 Å². The van der Waals surface area contributed by atoms with Gasteiger partial charge in [-0.3, -0.25) is 0 Å². The van der Waals surface area contributed by atoms with Gasteiger partial charge in [-0.1, -0.05) is 18.2 Å². The maximum atomic E-state index is 10.2. The van der Waals surface area contributed by atoms with Crippen LogP contribution in [0.25, 0.3) is 0 Å². The zero-order valence-electron chi connectivity index (χ0n) is 4.74. The van der Waals surface area contributed by atoms with E-state index in [0.29, 0.717) is 5.56 Å². The van der Waals surface area contributed by atoms with Crippen LogP contribution in [0.2, 0.25) is 0 Å². The summed E-state index contributed by atoms with van der Waals surface area (Å²) in [4.78, 5) is 10.2. The van der Waals surface area contributed by atoms with Gasteiger partial charge in [0.05, 0.1) is 5.56 Å². The monoisotopic (exact) mass is 212 g/mol. The molecule has 0 aliphatic rings. The Kier molecular flexibility index (Phi) is 4.99. The summed E-state index contributed by atoms with van der Waals surface area (Å²) in [6.45, 7) is 0. The molecule has 0 saturated heterocycles. The Morgan fingerprint density at radius 3 is 2.00 bits per heavy atom. The SMILES string of the molecule is O=C(O)c1ccccc1.[SrH2]. The standard InChI is InChI=1S/C7H6O2.Sr.2H/c8-7(9)6-4-2-1-3-5-6;;;/h1-5H,(H,8,9);;;. The number of carboxylic acids is 1. The quantitative estimate of drug-likeness (QED) is 0.686. The molecule has 2 nitrogen and oxygen atoms in total. The van der Waals surface area contributed by atoms with Crippen molar-refractivity contribution in [3.63, 3.8) is 0 Å². The average Bonchev–Trinajstić information content (AvgIpc) is 1.90. The van der Waals surface area contributed by atoms with E-state index in [1.807, 2.05) is 0 Å². The molecule has 0 heterocycles. The summed E-state index contributed by atoms with van der Waals surface area (Å²) in [5.41, 5.74) is 0.331. The third-order valence-corrected chi connectivity index (χ3v) is 1.02. The van der Waals surface area contributed by atoms with Gasteiger partial charge in [-0.15, -0.1) is 0 Å². The van der Waals surface area contributed by atoms with Crippen molar-refractivity contribution in [3.05, 3.63) is 35.9 Å². The Balaban J connectivity index is 0.000000810. The molecule has 0 aromatic heterocycles. The molecule has 0 unspecified atom stereocenters. The minimum absolute atomic E-state index is 0. The van der Waals surface area contributed by atoms with Gasteiger partial charge in [0.15, 0.2) is 0 Å². The van der Waals surface area contributed by atoms with E-state index >= 15 is 0 Å². The van der Waals surface area contributed by atoms with Crippen LogP contribution in [0, 0.1) is 0 Å². The predicted octanol–water partition coefficient (Wildman–Crippen LogP) is 0.469. The Labute approximate surface area is 96.1 Å². The van der Waals surface area contributed by atoms with E-state index in [1.165, 1.54) is 0 Å². The van der Waals surface area contributed by atoms with Crippen molar-refractivity contribution in [1.29, 1.82) is 0 Å². The molecule has 0 aliphatic carbocycles. The average molecular weight is 212 g/mol. The summed E-state index contributed by atoms with van der Waals surface area (Å²) >= 11 is 0. The van der Waals surface area contributed by atoms with E-state index in [2.05, 4.69) is 0 Å². The van der Waals surface area contributed by atoms with Crippen molar-refractivity contribution in [2.45, 2.75) is 0 Å². The van der Waals surface area contributed by atoms with E-state index in [0.717, 1.165) is 0 Å². The molecule has 1 aromatic carbocycles. The van der Waals surface area contributed by atoms with E-state index in [4.69, 9.17) is 5.11 Å². The zero-order valence-corrected chi connectivity index (χ0v) is 4.74. The molecule has 1 aromatic rings. The Morgan fingerprint density at radius 2 is 1.70 bits per heavy atom. The molecule has 0 saturated carbocycles. The third kappa shape index (κ3) is 2.84. The van der Waals surface area contributed by atoms with Crippen molar-refractivity contribution in [1.82, 2.24) is 0 Å². The van der Waals surface area contributed by atoms with E-state index in [1.54, 1.807) is 30.3 Å². The minimum atomic E-state index is -0.879. The number of hydrogen-bond acceptors (Lipinski definition) is 1. The molecule has 0 amide bonds. The first-order valence-electron chi connectivity index (χ1n) is 2.59. The van der Waals surface area contributed by atoms with Gasteiger partial charge in [-0.25, -0.2) is 4.79 Å². The number of carbonyl (C=O) groups is 1. The Bertz CT molecular complexity index is 208. The summed E-state index contributed by atoms with van der Waals surface area (Å²) in [7, 11) is 0. The van der Waals surface area contributed by atoms with Crippen LogP contribution in [0.5, 0.6) is 0 Å². The molecule has 0 atom stereocenters. The van der Waals surface area contributed by atoms with Crippen molar-refractivity contribution in [2.75, 3.05) is 0 Å². The number of carboxylic acid groups (broad SMARTS) is 1. The number of rotatable bonds is 1. The third-order valence-electron chi connectivity index (χ3n) is 1.02. The molecule has 50 valence electrons. The van der Waals surface area contributed by atoms with Gasteiger partial charge in [0, 0.05) is 0 Å². The van der Waals surface area contributed by atoms with Gasteiger partial charge in [0.2, 0.25) is 0 Å². The van der Waals surface area contributed by atoms with Gasteiger partial charge in [-0.2, -0.15) is 0 Å². The normalized spacial score (nSPS) is 8.00. The zero-order chi connectivity index (χ0) is 6.69. The molecule has 10 heavy (non-hydrogen) atoms. The predicted molar refractivity (Wildman–Crippen MR) is 41.9 cm³/mol. The second-order valence-corrected chi connectivity index (χ2v) is 1.67. The Hall–Kier alpha value is 0.171. The molecular weight excluding hydrogens is 204 g/mol. The number of hydrogen-bond donors (Lipinski definition) is 1. The molecule has 3 heteroatoms. The number of aromatic carboxylic acids is 1. The second kappa shape index (κ2) is 4.91. The van der Waals surface area contributed by atoms with Gasteiger partial charge in [0.25, 0.3) is 0 Å². The van der Waals surface area contributed by atoms with Crippen molar-refractivity contribution < 1.29 is 9.90 Å². The summed E-state index contributed by atoms with van der Waals surface area (Å²) in [6, 6.07) is 8.30. The van der Waals surface area contributed by atoms with E-state index < -0.39 is 5.97 Å². The maximum absolute atomic E-state index is 10.2. The summed E-state index contributed by atoms with van der Waals surface area (Å²) < 4.78 is 0. The first kappa shape index (κ1) is 10.2. The van der Waals surface area contributed by atoms with Gasteiger partial charge >= 0.3 is 51.5 Å². The summed E-state index contributed by atoms with van der Waals surface area (Å²) in [5, 5.41) is 8.38. The van der Waals surface area contributed by atoms with Gasteiger partial charge in [-0.05, 0) is 12.1 Å².